The average Bonchev–Trinajstić information content (AvgIpc) is 1.69. The van der Waals surface area contributed by atoms with Gasteiger partial charge in [0.25, 0.3) is 0 Å². The third-order valence-electron chi connectivity index (χ3n) is 0.931. The van der Waals surface area contributed by atoms with Crippen LogP contribution in [0.2, 0.25) is 0 Å². The Hall–Kier alpha value is 0.0274. The fourth-order valence-corrected chi connectivity index (χ4v) is 0.442. The van der Waals surface area contributed by atoms with Crippen LogP contribution in [0.3, 0.4) is 0 Å². The van der Waals surface area contributed by atoms with Gasteiger partial charge in [0.1, 0.15) is 0 Å². The van der Waals surface area contributed by atoms with Crippen molar-refractivity contribution in [3.05, 3.63) is 0 Å². The van der Waals surface area contributed by atoms with E-state index >= 15 is 0 Å². The predicted molar refractivity (Wildman–Crippen MR) is 29.8 cm³/mol. The molecule has 0 saturated heterocycles. The van der Waals surface area contributed by atoms with E-state index in [1.807, 2.05) is 0 Å². The van der Waals surface area contributed by atoms with Crippen molar-refractivity contribution in [3.63, 3.8) is 0 Å². The molecule has 0 bridgehead atoms. The minimum Gasteiger partial charge on any atom is -1.00 e. The number of aliphatic carboxylic acids is 1. The fourth-order valence-electron chi connectivity index (χ4n) is 0.442. The SMILES string of the molecule is CCC(OC)C(=O)O.[H-].[Li+]. The molecule has 0 spiro atoms. The quantitative estimate of drug-likeness (QED) is 0.429. The van der Waals surface area contributed by atoms with Crippen LogP contribution < -0.4 is 18.9 Å². The molecule has 0 radical (unpaired) electrons. The van der Waals surface area contributed by atoms with Crippen LogP contribution in [0.4, 0.5) is 0 Å². The molecule has 0 aliphatic heterocycles. The molecule has 1 atom stereocenters. The monoisotopic (exact) mass is 126 g/mol. The average molecular weight is 126 g/mol. The molecule has 3 nitrogen and oxygen atoms in total. The van der Waals surface area contributed by atoms with Crippen LogP contribution in [0.15, 0.2) is 0 Å². The van der Waals surface area contributed by atoms with E-state index in [-0.39, 0.29) is 20.3 Å². The molecule has 0 aromatic heterocycles. The summed E-state index contributed by atoms with van der Waals surface area (Å²) in [6, 6.07) is 0. The van der Waals surface area contributed by atoms with Crippen LogP contribution in [0.25, 0.3) is 0 Å². The number of hydrogen-bond donors (Lipinski definition) is 1. The van der Waals surface area contributed by atoms with Crippen molar-refractivity contribution in [3.8, 4) is 0 Å². The number of carboxylic acids is 1. The van der Waals surface area contributed by atoms with Gasteiger partial charge in [-0.3, -0.25) is 0 Å². The summed E-state index contributed by atoms with van der Waals surface area (Å²) in [6.07, 6.45) is -0.110. The number of methoxy groups -OCH3 is 1. The molecule has 1 unspecified atom stereocenters. The van der Waals surface area contributed by atoms with Crippen LogP contribution in [-0.2, 0) is 9.53 Å². The maximum Gasteiger partial charge on any atom is 1.00 e. The molecule has 50 valence electrons. The Morgan fingerprint density at radius 1 is 1.89 bits per heavy atom. The summed E-state index contributed by atoms with van der Waals surface area (Å²) < 4.78 is 4.56. The number of rotatable bonds is 3. The molecule has 4 heteroatoms. The summed E-state index contributed by atoms with van der Waals surface area (Å²) in [6.45, 7) is 1.77. The van der Waals surface area contributed by atoms with Crippen LogP contribution in [0, 0.1) is 0 Å². The minimum absolute atomic E-state index is 0. The van der Waals surface area contributed by atoms with Crippen molar-refractivity contribution in [2.45, 2.75) is 19.4 Å². The first-order valence-electron chi connectivity index (χ1n) is 2.48. The van der Waals surface area contributed by atoms with Gasteiger partial charge in [-0.1, -0.05) is 6.92 Å². The van der Waals surface area contributed by atoms with Gasteiger partial charge in [0.05, 0.1) is 0 Å². The molecule has 0 amide bonds. The molecule has 1 N–H and O–H groups in total. The van der Waals surface area contributed by atoms with E-state index < -0.39 is 12.1 Å². The minimum atomic E-state index is -0.894. The zero-order chi connectivity index (χ0) is 6.57. The van der Waals surface area contributed by atoms with Crippen LogP contribution >= 0.6 is 0 Å². The number of carboxylic acid groups (broad SMARTS) is 1. The Balaban J connectivity index is -0.000000245. The van der Waals surface area contributed by atoms with E-state index in [0.717, 1.165) is 0 Å². The molecule has 0 rings (SSSR count). The first kappa shape index (κ1) is 11.8. The second-order valence-corrected chi connectivity index (χ2v) is 1.47. The van der Waals surface area contributed by atoms with Gasteiger partial charge in [0, 0.05) is 7.11 Å². The molecule has 0 aromatic carbocycles. The number of hydrogen-bond acceptors (Lipinski definition) is 2. The van der Waals surface area contributed by atoms with Crippen molar-refractivity contribution >= 4 is 5.97 Å². The van der Waals surface area contributed by atoms with Crippen molar-refractivity contribution in [2.75, 3.05) is 7.11 Å². The van der Waals surface area contributed by atoms with E-state index in [4.69, 9.17) is 5.11 Å². The zero-order valence-electron chi connectivity index (χ0n) is 7.05. The fraction of sp³-hybridized carbons (Fsp3) is 0.800. The number of carbonyl (C=O) groups is 1. The first-order valence-corrected chi connectivity index (χ1v) is 2.48. The van der Waals surface area contributed by atoms with Gasteiger partial charge in [-0.15, -0.1) is 0 Å². The smallest absolute Gasteiger partial charge is 1.00 e. The van der Waals surface area contributed by atoms with Gasteiger partial charge in [-0.25, -0.2) is 4.79 Å². The van der Waals surface area contributed by atoms with Crippen molar-refractivity contribution in [1.29, 1.82) is 0 Å². The third kappa shape index (κ3) is 4.53. The zero-order valence-corrected chi connectivity index (χ0v) is 6.05. The maximum absolute atomic E-state index is 10.0. The Morgan fingerprint density at radius 3 is 2.33 bits per heavy atom. The van der Waals surface area contributed by atoms with Gasteiger partial charge >= 0.3 is 24.8 Å². The Labute approximate surface area is 68.1 Å². The van der Waals surface area contributed by atoms with Gasteiger partial charge < -0.3 is 11.3 Å². The van der Waals surface area contributed by atoms with Gasteiger partial charge in [-0.05, 0) is 6.42 Å². The largest absolute Gasteiger partial charge is 1.00 e. The normalized spacial score (nSPS) is 11.8. The Kier molecular flexibility index (Phi) is 8.05. The summed E-state index contributed by atoms with van der Waals surface area (Å²) in [4.78, 5) is 10.0. The van der Waals surface area contributed by atoms with E-state index in [1.54, 1.807) is 6.92 Å². The Morgan fingerprint density at radius 2 is 2.33 bits per heavy atom. The van der Waals surface area contributed by atoms with Crippen molar-refractivity contribution in [1.82, 2.24) is 0 Å². The molecular formula is C5H11LiO3. The van der Waals surface area contributed by atoms with E-state index in [1.165, 1.54) is 7.11 Å². The van der Waals surface area contributed by atoms with Gasteiger partial charge in [0.2, 0.25) is 0 Å². The standard InChI is InChI=1S/C5H10O3.Li.H/c1-3-4(8-2)5(6)7;;/h4H,3H2,1-2H3,(H,6,7);;/q;+1;-1. The molecular weight excluding hydrogens is 115 g/mol. The molecule has 0 aromatic rings. The van der Waals surface area contributed by atoms with E-state index in [9.17, 15) is 4.79 Å². The molecule has 0 fully saturated rings. The number of ether oxygens (including phenoxy) is 1. The Bertz CT molecular complexity index is 85.0. The predicted octanol–water partition coefficient (Wildman–Crippen LogP) is -2.39. The van der Waals surface area contributed by atoms with Crippen molar-refractivity contribution in [2.24, 2.45) is 0 Å². The third-order valence-corrected chi connectivity index (χ3v) is 0.931. The summed E-state index contributed by atoms with van der Waals surface area (Å²) in [7, 11) is 1.39. The molecule has 9 heavy (non-hydrogen) atoms. The van der Waals surface area contributed by atoms with Crippen LogP contribution in [0.5, 0.6) is 0 Å². The van der Waals surface area contributed by atoms with Gasteiger partial charge in [-0.2, -0.15) is 0 Å². The summed E-state index contributed by atoms with van der Waals surface area (Å²) in [5, 5.41) is 8.25. The van der Waals surface area contributed by atoms with E-state index in [0.29, 0.717) is 6.42 Å². The molecule has 0 heterocycles. The van der Waals surface area contributed by atoms with Crippen LogP contribution in [0.1, 0.15) is 14.8 Å². The first-order chi connectivity index (χ1) is 3.72. The summed E-state index contributed by atoms with van der Waals surface area (Å²) in [5.74, 6) is -0.894. The second-order valence-electron chi connectivity index (χ2n) is 1.47. The molecule has 0 aliphatic rings. The van der Waals surface area contributed by atoms with Crippen molar-refractivity contribution < 1.29 is 34.9 Å². The maximum atomic E-state index is 10.0. The topological polar surface area (TPSA) is 46.5 Å². The summed E-state index contributed by atoms with van der Waals surface area (Å²) in [5.41, 5.74) is 0. The molecule has 0 saturated carbocycles. The second kappa shape index (κ2) is 6.15. The van der Waals surface area contributed by atoms with E-state index in [2.05, 4.69) is 4.74 Å². The van der Waals surface area contributed by atoms with Crippen LogP contribution in [-0.4, -0.2) is 24.3 Å². The van der Waals surface area contributed by atoms with Gasteiger partial charge in [0.15, 0.2) is 6.10 Å². The molecule has 0 aliphatic carbocycles. The summed E-state index contributed by atoms with van der Waals surface area (Å²) >= 11 is 0.